The van der Waals surface area contributed by atoms with E-state index in [1.54, 1.807) is 0 Å². The Hall–Kier alpha value is -2.35. The monoisotopic (exact) mass is 265 g/mol. The number of non-ortho nitro benzene ring substituents is 1. The Morgan fingerprint density at radius 3 is 3.00 bits per heavy atom. The standard InChI is InChI=1S/C11H12FN5O2/c1-2-13-6-8-7-16(15-14-8)11-5-9(17(18)19)3-4-10(11)12/h3-5,7,13H,2,6H2,1H3. The van der Waals surface area contributed by atoms with Gasteiger partial charge in [-0.05, 0) is 12.6 Å². The molecule has 1 heterocycles. The lowest BCUT2D eigenvalue weighted by Crippen LogP contribution is -2.11. The highest BCUT2D eigenvalue weighted by Gasteiger charge is 2.13. The van der Waals surface area contributed by atoms with Gasteiger partial charge in [0.15, 0.2) is 0 Å². The average molecular weight is 265 g/mol. The number of nitro benzene ring substituents is 1. The van der Waals surface area contributed by atoms with Crippen molar-refractivity contribution in [2.45, 2.75) is 13.5 Å². The van der Waals surface area contributed by atoms with E-state index in [0.29, 0.717) is 12.2 Å². The first-order chi connectivity index (χ1) is 9.11. The fourth-order valence-corrected chi connectivity index (χ4v) is 1.54. The zero-order valence-electron chi connectivity index (χ0n) is 10.2. The molecule has 0 unspecified atom stereocenters. The molecule has 0 aliphatic carbocycles. The van der Waals surface area contributed by atoms with Gasteiger partial charge in [-0.3, -0.25) is 10.1 Å². The Bertz CT molecular complexity index is 599. The third kappa shape index (κ3) is 2.91. The highest BCUT2D eigenvalue weighted by atomic mass is 19.1. The van der Waals surface area contributed by atoms with Crippen LogP contribution in [0.3, 0.4) is 0 Å². The SMILES string of the molecule is CCNCc1cn(-c2cc([N+](=O)[O-])ccc2F)nn1. The molecule has 0 spiro atoms. The molecule has 0 bridgehead atoms. The van der Waals surface area contributed by atoms with E-state index >= 15 is 0 Å². The molecule has 100 valence electrons. The first-order valence-electron chi connectivity index (χ1n) is 5.68. The fourth-order valence-electron chi connectivity index (χ4n) is 1.54. The Kier molecular flexibility index (Phi) is 3.81. The third-order valence-corrected chi connectivity index (χ3v) is 2.48. The molecule has 1 aromatic heterocycles. The highest BCUT2D eigenvalue weighted by molar-refractivity contribution is 5.43. The molecule has 0 atom stereocenters. The van der Waals surface area contributed by atoms with Gasteiger partial charge in [-0.2, -0.15) is 0 Å². The number of nitrogens with zero attached hydrogens (tertiary/aromatic N) is 4. The molecule has 0 saturated heterocycles. The van der Waals surface area contributed by atoms with Gasteiger partial charge in [0.25, 0.3) is 5.69 Å². The van der Waals surface area contributed by atoms with Crippen LogP contribution in [-0.2, 0) is 6.54 Å². The van der Waals surface area contributed by atoms with Gasteiger partial charge in [-0.25, -0.2) is 9.07 Å². The van der Waals surface area contributed by atoms with Crippen LogP contribution in [0.15, 0.2) is 24.4 Å². The summed E-state index contributed by atoms with van der Waals surface area (Å²) in [6.07, 6.45) is 1.53. The number of hydrogen-bond donors (Lipinski definition) is 1. The van der Waals surface area contributed by atoms with Crippen LogP contribution >= 0.6 is 0 Å². The summed E-state index contributed by atoms with van der Waals surface area (Å²) in [6.45, 7) is 3.23. The summed E-state index contributed by atoms with van der Waals surface area (Å²) in [5.41, 5.74) is 0.442. The van der Waals surface area contributed by atoms with Crippen LogP contribution in [-0.4, -0.2) is 26.5 Å². The van der Waals surface area contributed by atoms with Gasteiger partial charge in [0.2, 0.25) is 0 Å². The first kappa shape index (κ1) is 13.1. The van der Waals surface area contributed by atoms with Crippen LogP contribution < -0.4 is 5.32 Å². The lowest BCUT2D eigenvalue weighted by Gasteiger charge is -2.01. The smallest absolute Gasteiger partial charge is 0.271 e. The molecule has 2 aromatic rings. The molecule has 1 aromatic carbocycles. The predicted molar refractivity (Wildman–Crippen MR) is 65.4 cm³/mol. The lowest BCUT2D eigenvalue weighted by atomic mass is 10.2. The summed E-state index contributed by atoms with van der Waals surface area (Å²) in [4.78, 5) is 10.1. The summed E-state index contributed by atoms with van der Waals surface area (Å²) >= 11 is 0. The van der Waals surface area contributed by atoms with Crippen molar-refractivity contribution >= 4 is 5.69 Å². The van der Waals surface area contributed by atoms with Crippen LogP contribution in [0.4, 0.5) is 10.1 Å². The summed E-state index contributed by atoms with van der Waals surface area (Å²) in [5, 5.41) is 21.4. The number of benzene rings is 1. The molecule has 0 radical (unpaired) electrons. The van der Waals surface area contributed by atoms with Gasteiger partial charge < -0.3 is 5.32 Å². The minimum Gasteiger partial charge on any atom is -0.311 e. The molecule has 0 saturated carbocycles. The second kappa shape index (κ2) is 5.53. The summed E-state index contributed by atoms with van der Waals surface area (Å²) in [7, 11) is 0. The number of rotatable bonds is 5. The number of hydrogen-bond acceptors (Lipinski definition) is 5. The number of aromatic nitrogens is 3. The number of nitrogens with one attached hydrogen (secondary N) is 1. The van der Waals surface area contributed by atoms with Crippen molar-refractivity contribution in [2.75, 3.05) is 6.54 Å². The fraction of sp³-hybridized carbons (Fsp3) is 0.273. The molecule has 19 heavy (non-hydrogen) atoms. The molecule has 1 N–H and O–H groups in total. The zero-order chi connectivity index (χ0) is 13.8. The lowest BCUT2D eigenvalue weighted by molar-refractivity contribution is -0.384. The van der Waals surface area contributed by atoms with E-state index in [-0.39, 0.29) is 11.4 Å². The van der Waals surface area contributed by atoms with Crippen LogP contribution in [0.2, 0.25) is 0 Å². The Labute approximate surface area is 108 Å². The number of halogens is 1. The minimum absolute atomic E-state index is 0.00412. The van der Waals surface area contributed by atoms with E-state index < -0.39 is 10.7 Å². The first-order valence-corrected chi connectivity index (χ1v) is 5.68. The van der Waals surface area contributed by atoms with E-state index in [0.717, 1.165) is 24.7 Å². The van der Waals surface area contributed by atoms with Gasteiger partial charge in [0.05, 0.1) is 16.8 Å². The highest BCUT2D eigenvalue weighted by Crippen LogP contribution is 2.19. The van der Waals surface area contributed by atoms with Crippen molar-refractivity contribution in [3.05, 3.63) is 46.0 Å². The zero-order valence-corrected chi connectivity index (χ0v) is 10.2. The maximum atomic E-state index is 13.7. The molecular weight excluding hydrogens is 253 g/mol. The largest absolute Gasteiger partial charge is 0.311 e. The van der Waals surface area contributed by atoms with E-state index in [4.69, 9.17) is 0 Å². The molecule has 0 amide bonds. The molecule has 0 fully saturated rings. The maximum absolute atomic E-state index is 13.7. The van der Waals surface area contributed by atoms with Gasteiger partial charge in [0, 0.05) is 18.7 Å². The Morgan fingerprint density at radius 1 is 1.53 bits per heavy atom. The van der Waals surface area contributed by atoms with Crippen LogP contribution in [0.5, 0.6) is 0 Å². The molecule has 2 rings (SSSR count). The van der Waals surface area contributed by atoms with Crippen molar-refractivity contribution in [2.24, 2.45) is 0 Å². The quantitative estimate of drug-likeness (QED) is 0.652. The summed E-state index contributed by atoms with van der Waals surface area (Å²) < 4.78 is 14.8. The van der Waals surface area contributed by atoms with Crippen molar-refractivity contribution in [3.8, 4) is 5.69 Å². The average Bonchev–Trinajstić information content (AvgIpc) is 2.85. The van der Waals surface area contributed by atoms with Gasteiger partial charge in [-0.1, -0.05) is 12.1 Å². The minimum atomic E-state index is -0.592. The van der Waals surface area contributed by atoms with E-state index in [1.165, 1.54) is 10.9 Å². The van der Waals surface area contributed by atoms with Crippen LogP contribution in [0.25, 0.3) is 5.69 Å². The van der Waals surface area contributed by atoms with E-state index in [1.807, 2.05) is 6.92 Å². The summed E-state index contributed by atoms with van der Waals surface area (Å²) in [5.74, 6) is -0.592. The van der Waals surface area contributed by atoms with Crippen molar-refractivity contribution < 1.29 is 9.31 Å². The Balaban J connectivity index is 2.32. The predicted octanol–water partition coefficient (Wildman–Crippen LogP) is 1.42. The van der Waals surface area contributed by atoms with Gasteiger partial charge >= 0.3 is 0 Å². The second-order valence-corrected chi connectivity index (χ2v) is 3.83. The van der Waals surface area contributed by atoms with E-state index in [2.05, 4.69) is 15.6 Å². The van der Waals surface area contributed by atoms with E-state index in [9.17, 15) is 14.5 Å². The van der Waals surface area contributed by atoms with Crippen LogP contribution in [0, 0.1) is 15.9 Å². The molecule has 7 nitrogen and oxygen atoms in total. The Morgan fingerprint density at radius 2 is 2.32 bits per heavy atom. The molecule has 0 aliphatic heterocycles. The number of nitro groups is 1. The third-order valence-electron chi connectivity index (χ3n) is 2.48. The van der Waals surface area contributed by atoms with Crippen molar-refractivity contribution in [1.82, 2.24) is 20.3 Å². The summed E-state index contributed by atoms with van der Waals surface area (Å²) in [6, 6.07) is 3.27. The van der Waals surface area contributed by atoms with Gasteiger partial charge in [-0.15, -0.1) is 5.10 Å². The second-order valence-electron chi connectivity index (χ2n) is 3.83. The van der Waals surface area contributed by atoms with Crippen molar-refractivity contribution in [1.29, 1.82) is 0 Å². The van der Waals surface area contributed by atoms with Crippen LogP contribution in [0.1, 0.15) is 12.6 Å². The normalized spacial score (nSPS) is 10.6. The van der Waals surface area contributed by atoms with Crippen molar-refractivity contribution in [3.63, 3.8) is 0 Å². The maximum Gasteiger partial charge on any atom is 0.271 e. The topological polar surface area (TPSA) is 85.9 Å². The molecule has 0 aliphatic rings. The molecular formula is C11H12FN5O2. The van der Waals surface area contributed by atoms with Gasteiger partial charge in [0.1, 0.15) is 11.5 Å². The molecule has 8 heteroatoms.